The van der Waals surface area contributed by atoms with Crippen molar-refractivity contribution in [3.63, 3.8) is 0 Å². The molecule has 6 nitrogen and oxygen atoms in total. The van der Waals surface area contributed by atoms with Gasteiger partial charge >= 0.3 is 0 Å². The van der Waals surface area contributed by atoms with Gasteiger partial charge in [0.15, 0.2) is 0 Å². The van der Waals surface area contributed by atoms with E-state index in [1.165, 1.54) is 0 Å². The van der Waals surface area contributed by atoms with E-state index in [4.69, 9.17) is 5.11 Å². The van der Waals surface area contributed by atoms with Gasteiger partial charge in [0.1, 0.15) is 0 Å². The van der Waals surface area contributed by atoms with Crippen molar-refractivity contribution in [2.24, 2.45) is 7.05 Å². The first-order valence-electron chi connectivity index (χ1n) is 5.60. The first kappa shape index (κ1) is 14.1. The zero-order chi connectivity index (χ0) is 12.7. The Hall–Kier alpha value is -0.920. The number of aryl methyl sites for hydroxylation is 1. The molecule has 1 aromatic heterocycles. The summed E-state index contributed by atoms with van der Waals surface area (Å²) in [5.74, 6) is 0.0653. The van der Waals surface area contributed by atoms with Gasteiger partial charge in [-0.25, -0.2) is 13.1 Å². The van der Waals surface area contributed by atoms with Gasteiger partial charge < -0.3 is 5.11 Å². The molecule has 0 saturated carbocycles. The highest BCUT2D eigenvalue weighted by atomic mass is 32.2. The molecule has 0 bridgehead atoms. The predicted octanol–water partition coefficient (Wildman–Crippen LogP) is -0.345. The van der Waals surface area contributed by atoms with Gasteiger partial charge in [-0.3, -0.25) is 4.68 Å². The van der Waals surface area contributed by atoms with Crippen LogP contribution in [0.4, 0.5) is 0 Å². The summed E-state index contributed by atoms with van der Waals surface area (Å²) in [6, 6.07) is 1.86. The Morgan fingerprint density at radius 3 is 2.82 bits per heavy atom. The molecular formula is C10H19N3O3S. The Labute approximate surface area is 102 Å². The Morgan fingerprint density at radius 1 is 1.47 bits per heavy atom. The standard InChI is InChI=1S/C10H19N3O3S/c1-13-7-5-10(12-13)4-6-11-17(15,16)9-3-2-8-14/h5,7,11,14H,2-4,6,8-9H2,1H3. The summed E-state index contributed by atoms with van der Waals surface area (Å²) < 4.78 is 27.2. The quantitative estimate of drug-likeness (QED) is 0.627. The lowest BCUT2D eigenvalue weighted by atomic mass is 10.3. The molecule has 0 atom stereocenters. The number of rotatable bonds is 8. The van der Waals surface area contributed by atoms with Gasteiger partial charge in [-0.1, -0.05) is 0 Å². The highest BCUT2D eigenvalue weighted by molar-refractivity contribution is 7.89. The number of nitrogens with one attached hydrogen (secondary N) is 1. The van der Waals surface area contributed by atoms with Crippen molar-refractivity contribution in [1.29, 1.82) is 0 Å². The number of aliphatic hydroxyl groups excluding tert-OH is 1. The van der Waals surface area contributed by atoms with Crippen LogP contribution in [0.5, 0.6) is 0 Å². The van der Waals surface area contributed by atoms with Crippen LogP contribution >= 0.6 is 0 Å². The van der Waals surface area contributed by atoms with Crippen molar-refractivity contribution in [3.8, 4) is 0 Å². The maximum Gasteiger partial charge on any atom is 0.211 e. The van der Waals surface area contributed by atoms with Gasteiger partial charge in [-0.15, -0.1) is 0 Å². The van der Waals surface area contributed by atoms with Crippen molar-refractivity contribution in [2.45, 2.75) is 19.3 Å². The zero-order valence-corrected chi connectivity index (χ0v) is 10.8. The molecule has 2 N–H and O–H groups in total. The fourth-order valence-electron chi connectivity index (χ4n) is 1.41. The van der Waals surface area contributed by atoms with Crippen LogP contribution in [0, 0.1) is 0 Å². The van der Waals surface area contributed by atoms with Crippen LogP contribution in [0.15, 0.2) is 12.3 Å². The van der Waals surface area contributed by atoms with E-state index in [2.05, 4.69) is 9.82 Å². The number of hydrogen-bond acceptors (Lipinski definition) is 4. The minimum Gasteiger partial charge on any atom is -0.396 e. The number of sulfonamides is 1. The third-order valence-corrected chi connectivity index (χ3v) is 3.76. The summed E-state index contributed by atoms with van der Waals surface area (Å²) >= 11 is 0. The minimum absolute atomic E-state index is 0.0312. The Kier molecular flexibility index (Phi) is 5.60. The van der Waals surface area contributed by atoms with Gasteiger partial charge in [0.25, 0.3) is 0 Å². The van der Waals surface area contributed by atoms with Crippen LogP contribution in [0.3, 0.4) is 0 Å². The van der Waals surface area contributed by atoms with Gasteiger partial charge in [0.05, 0.1) is 11.4 Å². The molecule has 0 unspecified atom stereocenters. The van der Waals surface area contributed by atoms with Crippen molar-refractivity contribution in [1.82, 2.24) is 14.5 Å². The average molecular weight is 261 g/mol. The first-order valence-corrected chi connectivity index (χ1v) is 7.25. The summed E-state index contributed by atoms with van der Waals surface area (Å²) in [5, 5.41) is 12.7. The summed E-state index contributed by atoms with van der Waals surface area (Å²) in [5.41, 5.74) is 0.866. The molecule has 1 rings (SSSR count). The smallest absolute Gasteiger partial charge is 0.211 e. The zero-order valence-electron chi connectivity index (χ0n) is 9.96. The summed E-state index contributed by atoms with van der Waals surface area (Å²) in [6.45, 7) is 0.391. The van der Waals surface area contributed by atoms with E-state index < -0.39 is 10.0 Å². The normalized spacial score (nSPS) is 11.9. The molecule has 0 radical (unpaired) electrons. The van der Waals surface area contributed by atoms with Crippen LogP contribution in [0.1, 0.15) is 18.5 Å². The number of hydrogen-bond donors (Lipinski definition) is 2. The lowest BCUT2D eigenvalue weighted by Gasteiger charge is -2.04. The minimum atomic E-state index is -3.21. The fraction of sp³-hybridized carbons (Fsp3) is 0.700. The topological polar surface area (TPSA) is 84.2 Å². The highest BCUT2D eigenvalue weighted by Gasteiger charge is 2.09. The predicted molar refractivity (Wildman–Crippen MR) is 65.0 cm³/mol. The van der Waals surface area contributed by atoms with Gasteiger partial charge in [0, 0.05) is 32.8 Å². The lowest BCUT2D eigenvalue weighted by Crippen LogP contribution is -2.28. The van der Waals surface area contributed by atoms with Crippen LogP contribution in [0.25, 0.3) is 0 Å². The molecule has 98 valence electrons. The second-order valence-electron chi connectivity index (χ2n) is 3.87. The summed E-state index contributed by atoms with van der Waals surface area (Å²) in [6.07, 6.45) is 3.40. The molecular weight excluding hydrogens is 242 g/mol. The summed E-state index contributed by atoms with van der Waals surface area (Å²) in [4.78, 5) is 0. The van der Waals surface area contributed by atoms with E-state index in [1.807, 2.05) is 19.3 Å². The molecule has 17 heavy (non-hydrogen) atoms. The molecule has 0 aromatic carbocycles. The molecule has 7 heteroatoms. The van der Waals surface area contributed by atoms with Crippen LogP contribution in [-0.4, -0.2) is 42.2 Å². The fourth-order valence-corrected chi connectivity index (χ4v) is 2.55. The number of aliphatic hydroxyl groups is 1. The molecule has 0 amide bonds. The SMILES string of the molecule is Cn1ccc(CCNS(=O)(=O)CCCCO)n1. The molecule has 1 heterocycles. The molecule has 0 fully saturated rings. The third-order valence-electron chi connectivity index (χ3n) is 2.29. The monoisotopic (exact) mass is 261 g/mol. The molecule has 0 spiro atoms. The molecule has 0 aliphatic carbocycles. The average Bonchev–Trinajstić information content (AvgIpc) is 2.64. The lowest BCUT2D eigenvalue weighted by molar-refractivity contribution is 0.287. The Balaban J connectivity index is 2.25. The highest BCUT2D eigenvalue weighted by Crippen LogP contribution is 1.97. The Morgan fingerprint density at radius 2 is 2.24 bits per heavy atom. The number of aromatic nitrogens is 2. The van der Waals surface area contributed by atoms with E-state index in [-0.39, 0.29) is 12.4 Å². The van der Waals surface area contributed by atoms with Crippen molar-refractivity contribution in [2.75, 3.05) is 18.9 Å². The van der Waals surface area contributed by atoms with Crippen molar-refractivity contribution >= 4 is 10.0 Å². The third kappa shape index (κ3) is 5.81. The van der Waals surface area contributed by atoms with E-state index in [1.54, 1.807) is 4.68 Å². The van der Waals surface area contributed by atoms with Gasteiger partial charge in [-0.2, -0.15) is 5.10 Å². The van der Waals surface area contributed by atoms with E-state index >= 15 is 0 Å². The number of nitrogens with zero attached hydrogens (tertiary/aromatic N) is 2. The second-order valence-corrected chi connectivity index (χ2v) is 5.80. The molecule has 0 aliphatic heterocycles. The molecule has 0 saturated heterocycles. The maximum atomic E-state index is 11.5. The first-order chi connectivity index (χ1) is 8.03. The second kappa shape index (κ2) is 6.73. The van der Waals surface area contributed by atoms with Gasteiger partial charge in [0.2, 0.25) is 10.0 Å². The summed E-state index contributed by atoms with van der Waals surface area (Å²) in [7, 11) is -1.39. The largest absolute Gasteiger partial charge is 0.396 e. The van der Waals surface area contributed by atoms with Crippen molar-refractivity contribution < 1.29 is 13.5 Å². The Bertz CT molecular complexity index is 428. The van der Waals surface area contributed by atoms with E-state index in [9.17, 15) is 8.42 Å². The van der Waals surface area contributed by atoms with Crippen LogP contribution in [-0.2, 0) is 23.5 Å². The van der Waals surface area contributed by atoms with Gasteiger partial charge in [-0.05, 0) is 18.9 Å². The maximum absolute atomic E-state index is 11.5. The molecule has 0 aliphatic rings. The van der Waals surface area contributed by atoms with Crippen LogP contribution in [0.2, 0.25) is 0 Å². The molecule has 1 aromatic rings. The number of unbranched alkanes of at least 4 members (excludes halogenated alkanes) is 1. The van der Waals surface area contributed by atoms with E-state index in [0.717, 1.165) is 5.69 Å². The van der Waals surface area contributed by atoms with Crippen molar-refractivity contribution in [3.05, 3.63) is 18.0 Å². The van der Waals surface area contributed by atoms with E-state index in [0.29, 0.717) is 25.8 Å². The van der Waals surface area contributed by atoms with Crippen LogP contribution < -0.4 is 4.72 Å².